The molecule has 0 saturated carbocycles. The number of aryl methyl sites for hydroxylation is 1. The van der Waals surface area contributed by atoms with Gasteiger partial charge >= 0.3 is 5.97 Å². The highest BCUT2D eigenvalue weighted by atomic mass is 35.5. The summed E-state index contributed by atoms with van der Waals surface area (Å²) < 4.78 is 7.07. The van der Waals surface area contributed by atoms with Crippen LogP contribution in [0.15, 0.2) is 59.7 Å². The van der Waals surface area contributed by atoms with Crippen molar-refractivity contribution < 1.29 is 14.3 Å². The van der Waals surface area contributed by atoms with E-state index in [1.807, 2.05) is 32.0 Å². The third kappa shape index (κ3) is 4.78. The molecule has 0 bridgehead atoms. The number of nitrogens with one attached hydrogen (secondary N) is 1. The molecule has 6 nitrogen and oxygen atoms in total. The van der Waals surface area contributed by atoms with E-state index >= 15 is 0 Å². The number of hydrazone groups is 1. The van der Waals surface area contributed by atoms with Crippen molar-refractivity contribution in [3.8, 4) is 5.69 Å². The number of aromatic nitrogens is 1. The van der Waals surface area contributed by atoms with Gasteiger partial charge in [-0.25, -0.2) is 10.2 Å². The van der Waals surface area contributed by atoms with Gasteiger partial charge in [0.2, 0.25) is 0 Å². The quantitative estimate of drug-likeness (QED) is 0.355. The third-order valence-corrected chi connectivity index (χ3v) is 4.80. The van der Waals surface area contributed by atoms with Crippen LogP contribution < -0.4 is 5.43 Å². The number of esters is 1. The first-order valence-corrected chi connectivity index (χ1v) is 9.84. The Kier molecular flexibility index (Phi) is 6.69. The summed E-state index contributed by atoms with van der Waals surface area (Å²) >= 11 is 5.91. The molecule has 1 amide bonds. The Balaban J connectivity index is 1.76. The lowest BCUT2D eigenvalue weighted by Gasteiger charge is -2.10. The van der Waals surface area contributed by atoms with Gasteiger partial charge in [-0.2, -0.15) is 5.10 Å². The van der Waals surface area contributed by atoms with Gasteiger partial charge in [-0.15, -0.1) is 0 Å². The predicted octanol–water partition coefficient (Wildman–Crippen LogP) is 4.69. The molecule has 1 N–H and O–H groups in total. The number of halogens is 1. The van der Waals surface area contributed by atoms with Crippen LogP contribution in [0.1, 0.15) is 44.6 Å². The van der Waals surface area contributed by atoms with E-state index in [1.54, 1.807) is 49.5 Å². The predicted molar refractivity (Wildman–Crippen MR) is 118 cm³/mol. The van der Waals surface area contributed by atoms with Gasteiger partial charge < -0.3 is 9.30 Å². The highest BCUT2D eigenvalue weighted by Gasteiger charge is 2.12. The molecule has 0 aliphatic carbocycles. The lowest BCUT2D eigenvalue weighted by atomic mass is 10.2. The highest BCUT2D eigenvalue weighted by molar-refractivity contribution is 6.30. The number of hydrogen-bond donors (Lipinski definition) is 1. The normalized spacial score (nSPS) is 10.9. The fraction of sp³-hybridized carbons (Fsp3) is 0.174. The van der Waals surface area contributed by atoms with Crippen molar-refractivity contribution in [3.63, 3.8) is 0 Å². The van der Waals surface area contributed by atoms with E-state index in [4.69, 9.17) is 16.3 Å². The number of amides is 1. The molecule has 3 aromatic rings. The summed E-state index contributed by atoms with van der Waals surface area (Å²) in [7, 11) is 0. The largest absolute Gasteiger partial charge is 0.462 e. The number of benzene rings is 2. The molecule has 154 valence electrons. The summed E-state index contributed by atoms with van der Waals surface area (Å²) in [6, 6.07) is 15.9. The van der Waals surface area contributed by atoms with Crippen LogP contribution in [0.4, 0.5) is 0 Å². The number of carbonyl (C=O) groups is 2. The van der Waals surface area contributed by atoms with Crippen molar-refractivity contribution in [1.29, 1.82) is 0 Å². The first-order chi connectivity index (χ1) is 14.4. The molecule has 7 heteroatoms. The van der Waals surface area contributed by atoms with E-state index in [9.17, 15) is 9.59 Å². The van der Waals surface area contributed by atoms with Crippen LogP contribution in [0.2, 0.25) is 5.02 Å². The maximum Gasteiger partial charge on any atom is 0.338 e. The van der Waals surface area contributed by atoms with Gasteiger partial charge in [0, 0.05) is 33.2 Å². The lowest BCUT2D eigenvalue weighted by Crippen LogP contribution is -2.17. The van der Waals surface area contributed by atoms with Crippen molar-refractivity contribution in [2.75, 3.05) is 6.61 Å². The summed E-state index contributed by atoms with van der Waals surface area (Å²) in [4.78, 5) is 24.0. The molecule has 1 heterocycles. The van der Waals surface area contributed by atoms with Gasteiger partial charge in [0.1, 0.15) is 0 Å². The molecule has 1 aromatic heterocycles. The average Bonchev–Trinajstić information content (AvgIpc) is 3.01. The molecule has 0 spiro atoms. The highest BCUT2D eigenvalue weighted by Crippen LogP contribution is 2.20. The van der Waals surface area contributed by atoms with Gasteiger partial charge in [-0.3, -0.25) is 4.79 Å². The molecule has 2 aromatic carbocycles. The fourth-order valence-electron chi connectivity index (χ4n) is 3.13. The van der Waals surface area contributed by atoms with Crippen LogP contribution in [-0.2, 0) is 4.74 Å². The number of rotatable bonds is 6. The molecule has 0 atom stereocenters. The van der Waals surface area contributed by atoms with E-state index in [2.05, 4.69) is 15.1 Å². The van der Waals surface area contributed by atoms with Crippen LogP contribution >= 0.6 is 11.6 Å². The van der Waals surface area contributed by atoms with E-state index < -0.39 is 0 Å². The second-order valence-electron chi connectivity index (χ2n) is 6.64. The zero-order chi connectivity index (χ0) is 21.7. The summed E-state index contributed by atoms with van der Waals surface area (Å²) in [5, 5.41) is 4.56. The lowest BCUT2D eigenvalue weighted by molar-refractivity contribution is 0.0526. The minimum Gasteiger partial charge on any atom is -0.462 e. The number of ether oxygens (including phenoxy) is 1. The van der Waals surface area contributed by atoms with Crippen LogP contribution in [0, 0.1) is 13.8 Å². The Morgan fingerprint density at radius 1 is 1.10 bits per heavy atom. The Morgan fingerprint density at radius 3 is 2.50 bits per heavy atom. The summed E-state index contributed by atoms with van der Waals surface area (Å²) in [6.45, 7) is 6.06. The number of carbonyl (C=O) groups excluding carboxylic acids is 2. The second kappa shape index (κ2) is 9.41. The van der Waals surface area contributed by atoms with Gasteiger partial charge in [-0.05, 0) is 69.3 Å². The average molecular weight is 424 g/mol. The monoisotopic (exact) mass is 423 g/mol. The molecule has 0 aliphatic heterocycles. The van der Waals surface area contributed by atoms with Crippen molar-refractivity contribution in [3.05, 3.63) is 87.7 Å². The smallest absolute Gasteiger partial charge is 0.338 e. The summed E-state index contributed by atoms with van der Waals surface area (Å²) in [5.41, 5.74) is 7.20. The standard InChI is InChI=1S/C23H22ClN3O3/c1-4-30-23(29)17-8-10-21(11-9-17)27-15(2)12-19(16(27)3)14-25-26-22(28)18-6-5-7-20(24)13-18/h5-14H,4H2,1-3H3,(H,26,28)/b25-14-. The SMILES string of the molecule is CCOC(=O)c1ccc(-n2c(C)cc(/C=N\NC(=O)c3cccc(Cl)c3)c2C)cc1. The van der Waals surface area contributed by atoms with Crippen LogP contribution in [0.3, 0.4) is 0 Å². The Bertz CT molecular complexity index is 1100. The molecule has 0 aliphatic rings. The molecular weight excluding hydrogens is 402 g/mol. The summed E-state index contributed by atoms with van der Waals surface area (Å²) in [5.74, 6) is -0.676. The first-order valence-electron chi connectivity index (χ1n) is 9.46. The Morgan fingerprint density at radius 2 is 1.83 bits per heavy atom. The summed E-state index contributed by atoms with van der Waals surface area (Å²) in [6.07, 6.45) is 1.61. The van der Waals surface area contributed by atoms with E-state index in [0.29, 0.717) is 22.8 Å². The van der Waals surface area contributed by atoms with Crippen molar-refractivity contribution in [1.82, 2.24) is 9.99 Å². The molecule has 30 heavy (non-hydrogen) atoms. The minimum absolute atomic E-state index is 0.336. The topological polar surface area (TPSA) is 72.7 Å². The zero-order valence-corrected chi connectivity index (χ0v) is 17.7. The van der Waals surface area contributed by atoms with Gasteiger partial charge in [0.05, 0.1) is 18.4 Å². The second-order valence-corrected chi connectivity index (χ2v) is 7.08. The van der Waals surface area contributed by atoms with Gasteiger partial charge in [0.25, 0.3) is 5.91 Å². The van der Waals surface area contributed by atoms with Gasteiger partial charge in [0.15, 0.2) is 0 Å². The van der Waals surface area contributed by atoms with Crippen LogP contribution in [0.25, 0.3) is 5.69 Å². The number of hydrogen-bond acceptors (Lipinski definition) is 4. The van der Waals surface area contributed by atoms with Crippen molar-refractivity contribution in [2.45, 2.75) is 20.8 Å². The Labute approximate surface area is 180 Å². The molecule has 0 saturated heterocycles. The van der Waals surface area contributed by atoms with Crippen molar-refractivity contribution in [2.24, 2.45) is 5.10 Å². The van der Waals surface area contributed by atoms with Crippen LogP contribution in [-0.4, -0.2) is 29.3 Å². The maximum absolute atomic E-state index is 12.2. The molecule has 0 unspecified atom stereocenters. The number of nitrogens with zero attached hydrogens (tertiary/aromatic N) is 2. The van der Waals surface area contributed by atoms with E-state index in [-0.39, 0.29) is 11.9 Å². The first kappa shape index (κ1) is 21.3. The maximum atomic E-state index is 12.2. The molecule has 0 fully saturated rings. The van der Waals surface area contributed by atoms with Crippen molar-refractivity contribution >= 4 is 29.7 Å². The Hall–Kier alpha value is -3.38. The molecule has 3 rings (SSSR count). The minimum atomic E-state index is -0.340. The van der Waals surface area contributed by atoms with Gasteiger partial charge in [-0.1, -0.05) is 17.7 Å². The van der Waals surface area contributed by atoms with Crippen LogP contribution in [0.5, 0.6) is 0 Å². The zero-order valence-electron chi connectivity index (χ0n) is 17.0. The fourth-order valence-corrected chi connectivity index (χ4v) is 3.32. The molecule has 0 radical (unpaired) electrons. The van der Waals surface area contributed by atoms with E-state index in [1.165, 1.54) is 0 Å². The third-order valence-electron chi connectivity index (χ3n) is 4.56. The molecular formula is C23H22ClN3O3. The van der Waals surface area contributed by atoms with E-state index in [0.717, 1.165) is 22.6 Å².